The Labute approximate surface area is 104 Å². The summed E-state index contributed by atoms with van der Waals surface area (Å²) in [4.78, 5) is 14.4. The molecule has 1 aliphatic heterocycles. The van der Waals surface area contributed by atoms with Crippen molar-refractivity contribution >= 4 is 5.91 Å². The Morgan fingerprint density at radius 3 is 2.71 bits per heavy atom. The first-order chi connectivity index (χ1) is 8.06. The Bertz CT molecular complexity index is 244. The van der Waals surface area contributed by atoms with Crippen molar-refractivity contribution in [3.63, 3.8) is 0 Å². The second-order valence-corrected chi connectivity index (χ2v) is 5.38. The van der Waals surface area contributed by atoms with Gasteiger partial charge in [0.2, 0.25) is 5.91 Å². The summed E-state index contributed by atoms with van der Waals surface area (Å²) in [5.41, 5.74) is 0. The monoisotopic (exact) mass is 242 g/mol. The van der Waals surface area contributed by atoms with Crippen molar-refractivity contribution in [1.29, 1.82) is 0 Å². The van der Waals surface area contributed by atoms with Crippen molar-refractivity contribution in [3.05, 3.63) is 0 Å². The van der Waals surface area contributed by atoms with Gasteiger partial charge >= 0.3 is 0 Å². The summed E-state index contributed by atoms with van der Waals surface area (Å²) >= 11 is 0. The van der Waals surface area contributed by atoms with Gasteiger partial charge in [-0.2, -0.15) is 0 Å². The summed E-state index contributed by atoms with van der Waals surface area (Å²) in [7, 11) is 0. The molecule has 0 aromatic carbocycles. The van der Waals surface area contributed by atoms with E-state index in [0.717, 1.165) is 19.4 Å². The van der Waals surface area contributed by atoms with Gasteiger partial charge in [0.25, 0.3) is 0 Å². The molecule has 2 unspecified atom stereocenters. The molecule has 0 aromatic rings. The normalized spacial score (nSPS) is 23.7. The van der Waals surface area contributed by atoms with Crippen molar-refractivity contribution < 1.29 is 9.90 Å². The third-order valence-electron chi connectivity index (χ3n) is 3.45. The first-order valence-electron chi connectivity index (χ1n) is 6.70. The molecule has 0 spiro atoms. The molecule has 0 aromatic heterocycles. The van der Waals surface area contributed by atoms with Crippen LogP contribution in [-0.4, -0.2) is 47.7 Å². The van der Waals surface area contributed by atoms with Crippen molar-refractivity contribution in [1.82, 2.24) is 10.2 Å². The summed E-state index contributed by atoms with van der Waals surface area (Å²) in [6.45, 7) is 7.92. The first kappa shape index (κ1) is 14.5. The SMILES string of the molecule is CC(CO)CNC(=O)C1CCCCN1C(C)C. The molecule has 0 bridgehead atoms. The standard InChI is InChI=1S/C13H26N2O2/c1-10(2)15-7-5-4-6-12(15)13(17)14-8-11(3)9-16/h10-12,16H,4-9H2,1-3H3,(H,14,17). The van der Waals surface area contributed by atoms with Gasteiger partial charge in [0.1, 0.15) is 0 Å². The molecule has 2 N–H and O–H groups in total. The minimum absolute atomic E-state index is 0.0228. The molecule has 4 nitrogen and oxygen atoms in total. The molecule has 2 atom stereocenters. The highest BCUT2D eigenvalue weighted by molar-refractivity contribution is 5.81. The van der Waals surface area contributed by atoms with Crippen LogP contribution in [0.25, 0.3) is 0 Å². The Balaban J connectivity index is 2.47. The van der Waals surface area contributed by atoms with Gasteiger partial charge in [0.15, 0.2) is 0 Å². The molecule has 0 saturated carbocycles. The highest BCUT2D eigenvalue weighted by atomic mass is 16.3. The Kier molecular flexibility index (Phi) is 5.92. The topological polar surface area (TPSA) is 52.6 Å². The smallest absolute Gasteiger partial charge is 0.237 e. The van der Waals surface area contributed by atoms with Crippen LogP contribution < -0.4 is 5.32 Å². The molecule has 1 aliphatic rings. The van der Waals surface area contributed by atoms with E-state index >= 15 is 0 Å². The van der Waals surface area contributed by atoms with E-state index < -0.39 is 0 Å². The van der Waals surface area contributed by atoms with Crippen LogP contribution in [0.5, 0.6) is 0 Å². The number of aliphatic hydroxyl groups is 1. The van der Waals surface area contributed by atoms with Crippen LogP contribution in [0.2, 0.25) is 0 Å². The van der Waals surface area contributed by atoms with Gasteiger partial charge in [0.05, 0.1) is 6.04 Å². The van der Waals surface area contributed by atoms with Gasteiger partial charge in [-0.3, -0.25) is 9.69 Å². The maximum Gasteiger partial charge on any atom is 0.237 e. The van der Waals surface area contributed by atoms with Gasteiger partial charge in [-0.05, 0) is 39.2 Å². The van der Waals surface area contributed by atoms with Crippen LogP contribution in [0.1, 0.15) is 40.0 Å². The first-order valence-corrected chi connectivity index (χ1v) is 6.70. The van der Waals surface area contributed by atoms with Crippen LogP contribution in [0.15, 0.2) is 0 Å². The summed E-state index contributed by atoms with van der Waals surface area (Å²) < 4.78 is 0. The van der Waals surface area contributed by atoms with E-state index in [9.17, 15) is 4.79 Å². The Morgan fingerprint density at radius 2 is 2.12 bits per heavy atom. The lowest BCUT2D eigenvalue weighted by atomic mass is 9.99. The number of aliphatic hydroxyl groups excluding tert-OH is 1. The molecule has 100 valence electrons. The van der Waals surface area contributed by atoms with Crippen molar-refractivity contribution in [2.45, 2.75) is 52.1 Å². The minimum Gasteiger partial charge on any atom is -0.396 e. The molecular formula is C13H26N2O2. The van der Waals surface area contributed by atoms with E-state index in [1.165, 1.54) is 6.42 Å². The minimum atomic E-state index is 0.0228. The van der Waals surface area contributed by atoms with E-state index in [1.807, 2.05) is 6.92 Å². The molecule has 0 radical (unpaired) electrons. The van der Waals surface area contributed by atoms with Gasteiger partial charge in [-0.15, -0.1) is 0 Å². The maximum absolute atomic E-state index is 12.1. The van der Waals surface area contributed by atoms with Crippen LogP contribution in [0, 0.1) is 5.92 Å². The van der Waals surface area contributed by atoms with E-state index in [1.54, 1.807) is 0 Å². The fourth-order valence-corrected chi connectivity index (χ4v) is 2.31. The lowest BCUT2D eigenvalue weighted by molar-refractivity contribution is -0.128. The van der Waals surface area contributed by atoms with E-state index in [4.69, 9.17) is 5.11 Å². The molecule has 1 rings (SSSR count). The van der Waals surface area contributed by atoms with E-state index in [0.29, 0.717) is 12.6 Å². The summed E-state index contributed by atoms with van der Waals surface area (Å²) in [6.07, 6.45) is 3.28. The van der Waals surface area contributed by atoms with Gasteiger partial charge in [0, 0.05) is 19.2 Å². The summed E-state index contributed by atoms with van der Waals surface area (Å²) in [5, 5.41) is 11.9. The summed E-state index contributed by atoms with van der Waals surface area (Å²) in [6, 6.07) is 0.441. The average molecular weight is 242 g/mol. The second-order valence-electron chi connectivity index (χ2n) is 5.38. The number of nitrogens with one attached hydrogen (secondary N) is 1. The molecule has 1 saturated heterocycles. The number of carbonyl (C=O) groups is 1. The predicted octanol–water partition coefficient (Wildman–Crippen LogP) is 0.994. The lowest BCUT2D eigenvalue weighted by Crippen LogP contribution is -2.52. The van der Waals surface area contributed by atoms with Gasteiger partial charge in [-0.25, -0.2) is 0 Å². The Morgan fingerprint density at radius 1 is 1.41 bits per heavy atom. The zero-order valence-electron chi connectivity index (χ0n) is 11.3. The number of carbonyl (C=O) groups excluding carboxylic acids is 1. The van der Waals surface area contributed by atoms with Crippen LogP contribution in [-0.2, 0) is 4.79 Å². The maximum atomic E-state index is 12.1. The molecule has 1 amide bonds. The number of hydrogen-bond acceptors (Lipinski definition) is 3. The van der Waals surface area contributed by atoms with Crippen molar-refractivity contribution in [3.8, 4) is 0 Å². The number of likely N-dealkylation sites (tertiary alicyclic amines) is 1. The van der Waals surface area contributed by atoms with Crippen molar-refractivity contribution in [2.24, 2.45) is 5.92 Å². The van der Waals surface area contributed by atoms with Crippen LogP contribution >= 0.6 is 0 Å². The average Bonchev–Trinajstić information content (AvgIpc) is 2.35. The lowest BCUT2D eigenvalue weighted by Gasteiger charge is -2.37. The van der Waals surface area contributed by atoms with Crippen LogP contribution in [0.4, 0.5) is 0 Å². The Hall–Kier alpha value is -0.610. The quantitative estimate of drug-likeness (QED) is 0.756. The second kappa shape index (κ2) is 6.97. The van der Waals surface area contributed by atoms with E-state index in [2.05, 4.69) is 24.1 Å². The van der Waals surface area contributed by atoms with Crippen molar-refractivity contribution in [2.75, 3.05) is 19.7 Å². The summed E-state index contributed by atoms with van der Waals surface area (Å²) in [5.74, 6) is 0.258. The number of hydrogen-bond donors (Lipinski definition) is 2. The zero-order chi connectivity index (χ0) is 12.8. The fraction of sp³-hybridized carbons (Fsp3) is 0.923. The third kappa shape index (κ3) is 4.28. The van der Waals surface area contributed by atoms with Gasteiger partial charge in [-0.1, -0.05) is 13.3 Å². The van der Waals surface area contributed by atoms with E-state index in [-0.39, 0.29) is 24.5 Å². The highest BCUT2D eigenvalue weighted by Crippen LogP contribution is 2.19. The molecular weight excluding hydrogens is 216 g/mol. The number of piperidine rings is 1. The molecule has 1 fully saturated rings. The number of amides is 1. The largest absolute Gasteiger partial charge is 0.396 e. The van der Waals surface area contributed by atoms with Crippen LogP contribution in [0.3, 0.4) is 0 Å². The highest BCUT2D eigenvalue weighted by Gasteiger charge is 2.29. The molecule has 0 aliphatic carbocycles. The number of rotatable bonds is 5. The molecule has 17 heavy (non-hydrogen) atoms. The fourth-order valence-electron chi connectivity index (χ4n) is 2.31. The predicted molar refractivity (Wildman–Crippen MR) is 68.7 cm³/mol. The van der Waals surface area contributed by atoms with Gasteiger partial charge < -0.3 is 10.4 Å². The zero-order valence-corrected chi connectivity index (χ0v) is 11.3. The molecule has 1 heterocycles. The molecule has 4 heteroatoms. The third-order valence-corrected chi connectivity index (χ3v) is 3.45. The number of nitrogens with zero attached hydrogens (tertiary/aromatic N) is 1.